The summed E-state index contributed by atoms with van der Waals surface area (Å²) in [6.07, 6.45) is -3.58. The molecule has 1 fully saturated rings. The van der Waals surface area contributed by atoms with Crippen molar-refractivity contribution in [3.8, 4) is 0 Å². The van der Waals surface area contributed by atoms with Gasteiger partial charge in [-0.1, -0.05) is 0 Å². The van der Waals surface area contributed by atoms with Gasteiger partial charge < -0.3 is 19.0 Å². The Morgan fingerprint density at radius 3 is 2.94 bits per heavy atom. The largest absolute Gasteiger partial charge is 0.463 e. The molecule has 6 heteroatoms. The first-order valence-electron chi connectivity index (χ1n) is 5.75. The van der Waals surface area contributed by atoms with Crippen LogP contribution in [0.5, 0.6) is 0 Å². The molecule has 0 amide bonds. The molecule has 3 atom stereocenters. The number of ether oxygens (including phenoxy) is 2. The zero-order valence-electron chi connectivity index (χ0n) is 10.2. The first-order chi connectivity index (χ1) is 8.54. The molecular weight excluding hydrogens is 243 g/mol. The highest BCUT2D eigenvalue weighted by molar-refractivity contribution is 5.90. The van der Waals surface area contributed by atoms with Crippen molar-refractivity contribution in [2.45, 2.75) is 32.2 Å². The molecule has 1 saturated heterocycles. The van der Waals surface area contributed by atoms with Crippen LogP contribution in [-0.2, 0) is 9.47 Å². The third-order valence-corrected chi connectivity index (χ3v) is 2.83. The number of esters is 1. The van der Waals surface area contributed by atoms with Crippen molar-refractivity contribution < 1.29 is 28.2 Å². The maximum atomic E-state index is 13.1. The second-order valence-corrected chi connectivity index (χ2v) is 4.10. The van der Waals surface area contributed by atoms with E-state index in [1.807, 2.05) is 0 Å². The van der Waals surface area contributed by atoms with Crippen LogP contribution in [0, 0.1) is 6.92 Å². The Hall–Kier alpha value is -1.40. The summed E-state index contributed by atoms with van der Waals surface area (Å²) in [6.45, 7) is 3.38. The van der Waals surface area contributed by atoms with Gasteiger partial charge in [0.05, 0.1) is 13.2 Å². The molecule has 0 bridgehead atoms. The molecule has 0 aromatic carbocycles. The lowest BCUT2D eigenvalue weighted by molar-refractivity contribution is 0.0215. The number of hydrogen-bond donors (Lipinski definition) is 1. The van der Waals surface area contributed by atoms with Crippen LogP contribution in [0.25, 0.3) is 0 Å². The van der Waals surface area contributed by atoms with Crippen molar-refractivity contribution in [3.05, 3.63) is 23.2 Å². The number of aliphatic hydroxyl groups excluding tert-OH is 1. The van der Waals surface area contributed by atoms with Crippen molar-refractivity contribution in [1.29, 1.82) is 0 Å². The maximum absolute atomic E-state index is 13.1. The molecule has 0 unspecified atom stereocenters. The normalized spacial score (nSPS) is 27.4. The summed E-state index contributed by atoms with van der Waals surface area (Å²) in [6, 6.07) is 1.43. The topological polar surface area (TPSA) is 68.9 Å². The molecule has 0 radical (unpaired) electrons. The Kier molecular flexibility index (Phi) is 3.68. The van der Waals surface area contributed by atoms with E-state index in [2.05, 4.69) is 0 Å². The minimum Gasteiger partial charge on any atom is -0.463 e. The number of carbonyl (C=O) groups is 1. The lowest BCUT2D eigenvalue weighted by Crippen LogP contribution is -2.21. The average molecular weight is 258 g/mol. The van der Waals surface area contributed by atoms with Crippen LogP contribution in [0.2, 0.25) is 0 Å². The zero-order chi connectivity index (χ0) is 13.3. The summed E-state index contributed by atoms with van der Waals surface area (Å²) in [5.74, 6) is 0.0963. The first kappa shape index (κ1) is 13.0. The number of halogens is 1. The van der Waals surface area contributed by atoms with Crippen molar-refractivity contribution in [1.82, 2.24) is 0 Å². The summed E-state index contributed by atoms with van der Waals surface area (Å²) in [7, 11) is 0. The van der Waals surface area contributed by atoms with Gasteiger partial charge in [0.2, 0.25) is 0 Å². The van der Waals surface area contributed by atoms with Gasteiger partial charge in [-0.25, -0.2) is 9.18 Å². The maximum Gasteiger partial charge on any atom is 0.341 e. The number of hydrogen-bond acceptors (Lipinski definition) is 5. The van der Waals surface area contributed by atoms with Gasteiger partial charge in [0.25, 0.3) is 0 Å². The smallest absolute Gasteiger partial charge is 0.341 e. The van der Waals surface area contributed by atoms with Crippen LogP contribution >= 0.6 is 0 Å². The molecule has 0 spiro atoms. The van der Waals surface area contributed by atoms with Gasteiger partial charge in [-0.3, -0.25) is 0 Å². The third kappa shape index (κ3) is 2.26. The van der Waals surface area contributed by atoms with E-state index in [-0.39, 0.29) is 24.5 Å². The van der Waals surface area contributed by atoms with E-state index in [9.17, 15) is 14.3 Å². The standard InChI is InChI=1S/C12H15FO5/c1-3-16-12(15)7-4-9(18-6(7)2)11-10(14)8(13)5-17-11/h4,8,10-11,14H,3,5H2,1-2H3/t8-,10+,11-/m0/s1. The summed E-state index contributed by atoms with van der Waals surface area (Å²) >= 11 is 0. The minimum absolute atomic E-state index is 0.180. The SMILES string of the molecule is CCOC(=O)c1cc([C@@H]2OC[C@H](F)[C@H]2O)oc1C. The quantitative estimate of drug-likeness (QED) is 0.833. The van der Waals surface area contributed by atoms with E-state index in [4.69, 9.17) is 13.9 Å². The molecule has 1 aromatic heterocycles. The number of aryl methyl sites for hydroxylation is 1. The van der Waals surface area contributed by atoms with E-state index in [0.717, 1.165) is 0 Å². The van der Waals surface area contributed by atoms with E-state index in [1.54, 1.807) is 13.8 Å². The predicted molar refractivity (Wildman–Crippen MR) is 59.0 cm³/mol. The Labute approximate surface area is 103 Å². The summed E-state index contributed by atoms with van der Waals surface area (Å²) in [5.41, 5.74) is 0.268. The average Bonchev–Trinajstić information content (AvgIpc) is 2.85. The summed E-state index contributed by atoms with van der Waals surface area (Å²) in [5, 5.41) is 9.58. The monoisotopic (exact) mass is 258 g/mol. The molecule has 100 valence electrons. The van der Waals surface area contributed by atoms with Crippen LogP contribution < -0.4 is 0 Å². The van der Waals surface area contributed by atoms with Crippen LogP contribution in [0.3, 0.4) is 0 Å². The molecule has 1 aromatic rings. The number of carbonyl (C=O) groups excluding carboxylic acids is 1. The highest BCUT2D eigenvalue weighted by atomic mass is 19.1. The molecule has 0 aliphatic carbocycles. The molecule has 18 heavy (non-hydrogen) atoms. The fourth-order valence-corrected chi connectivity index (χ4v) is 1.89. The van der Waals surface area contributed by atoms with E-state index in [1.165, 1.54) is 6.07 Å². The van der Waals surface area contributed by atoms with Crippen molar-refractivity contribution >= 4 is 5.97 Å². The number of rotatable bonds is 3. The van der Waals surface area contributed by atoms with Crippen LogP contribution in [0.4, 0.5) is 4.39 Å². The second kappa shape index (κ2) is 5.07. The second-order valence-electron chi connectivity index (χ2n) is 4.10. The molecule has 2 heterocycles. The number of alkyl halides is 1. The van der Waals surface area contributed by atoms with Gasteiger partial charge >= 0.3 is 5.97 Å². The molecule has 2 rings (SSSR count). The van der Waals surface area contributed by atoms with Gasteiger partial charge in [0, 0.05) is 0 Å². The molecular formula is C12H15FO5. The highest BCUT2D eigenvalue weighted by Gasteiger charge is 2.39. The molecule has 1 aliphatic heterocycles. The number of aliphatic hydroxyl groups is 1. The molecule has 1 N–H and O–H groups in total. The van der Waals surface area contributed by atoms with Crippen LogP contribution in [-0.4, -0.2) is 36.6 Å². The van der Waals surface area contributed by atoms with Gasteiger partial charge in [-0.15, -0.1) is 0 Å². The lowest BCUT2D eigenvalue weighted by Gasteiger charge is -2.10. The van der Waals surface area contributed by atoms with Gasteiger partial charge in [0.1, 0.15) is 29.3 Å². The van der Waals surface area contributed by atoms with Gasteiger partial charge in [-0.05, 0) is 19.9 Å². The lowest BCUT2D eigenvalue weighted by atomic mass is 10.1. The van der Waals surface area contributed by atoms with E-state index < -0.39 is 24.3 Å². The van der Waals surface area contributed by atoms with E-state index >= 15 is 0 Å². The van der Waals surface area contributed by atoms with Crippen molar-refractivity contribution in [3.63, 3.8) is 0 Å². The molecule has 1 aliphatic rings. The van der Waals surface area contributed by atoms with Crippen molar-refractivity contribution in [2.24, 2.45) is 0 Å². The molecule has 5 nitrogen and oxygen atoms in total. The summed E-state index contributed by atoms with van der Waals surface area (Å²) in [4.78, 5) is 11.6. The van der Waals surface area contributed by atoms with Gasteiger partial charge in [-0.2, -0.15) is 0 Å². The Balaban J connectivity index is 2.21. The fraction of sp³-hybridized carbons (Fsp3) is 0.583. The number of furan rings is 1. The molecule has 0 saturated carbocycles. The van der Waals surface area contributed by atoms with Gasteiger partial charge in [0.15, 0.2) is 6.17 Å². The fourth-order valence-electron chi connectivity index (χ4n) is 1.89. The predicted octanol–water partition coefficient (Wildman–Crippen LogP) is 1.54. The van der Waals surface area contributed by atoms with E-state index in [0.29, 0.717) is 5.76 Å². The Morgan fingerprint density at radius 1 is 1.67 bits per heavy atom. The third-order valence-electron chi connectivity index (χ3n) is 2.83. The van der Waals surface area contributed by atoms with Crippen molar-refractivity contribution in [2.75, 3.05) is 13.2 Å². The van der Waals surface area contributed by atoms with Crippen LogP contribution in [0.15, 0.2) is 10.5 Å². The highest BCUT2D eigenvalue weighted by Crippen LogP contribution is 2.33. The van der Waals surface area contributed by atoms with Crippen LogP contribution in [0.1, 0.15) is 34.9 Å². The Morgan fingerprint density at radius 2 is 2.39 bits per heavy atom. The minimum atomic E-state index is -1.44. The zero-order valence-corrected chi connectivity index (χ0v) is 10.2. The summed E-state index contributed by atoms with van der Waals surface area (Å²) < 4.78 is 28.4. The Bertz CT molecular complexity index is 442. The first-order valence-corrected chi connectivity index (χ1v) is 5.75.